The van der Waals surface area contributed by atoms with Gasteiger partial charge in [0, 0.05) is 6.54 Å². The number of likely N-dealkylation sites (N-methyl/N-ethyl adjacent to an activating group) is 1. The van der Waals surface area contributed by atoms with Crippen LogP contribution in [0.3, 0.4) is 0 Å². The van der Waals surface area contributed by atoms with Gasteiger partial charge in [0.1, 0.15) is 5.54 Å². The van der Waals surface area contributed by atoms with Crippen LogP contribution in [0, 0.1) is 0 Å². The SMILES string of the molecule is CCCCN(C)CCC(C)(NCC)C(=O)OC. The summed E-state index contributed by atoms with van der Waals surface area (Å²) in [4.78, 5) is 14.0. The molecule has 0 spiro atoms. The molecule has 0 heterocycles. The van der Waals surface area contributed by atoms with Gasteiger partial charge in [0.25, 0.3) is 0 Å². The van der Waals surface area contributed by atoms with Crippen molar-refractivity contribution in [2.45, 2.75) is 45.6 Å². The zero-order chi connectivity index (χ0) is 13.3. The van der Waals surface area contributed by atoms with Crippen molar-refractivity contribution in [3.05, 3.63) is 0 Å². The molecule has 4 nitrogen and oxygen atoms in total. The normalized spacial score (nSPS) is 14.7. The summed E-state index contributed by atoms with van der Waals surface area (Å²) in [5.74, 6) is -0.178. The number of carbonyl (C=O) groups is 1. The number of ether oxygens (including phenoxy) is 1. The van der Waals surface area contributed by atoms with Gasteiger partial charge in [-0.3, -0.25) is 4.79 Å². The topological polar surface area (TPSA) is 41.6 Å². The number of nitrogens with zero attached hydrogens (tertiary/aromatic N) is 1. The van der Waals surface area contributed by atoms with Crippen LogP contribution in [-0.4, -0.2) is 50.2 Å². The van der Waals surface area contributed by atoms with Crippen molar-refractivity contribution < 1.29 is 9.53 Å². The maximum absolute atomic E-state index is 11.7. The molecule has 0 aromatic heterocycles. The zero-order valence-electron chi connectivity index (χ0n) is 12.0. The summed E-state index contributed by atoms with van der Waals surface area (Å²) in [5.41, 5.74) is -0.566. The third kappa shape index (κ3) is 6.03. The maximum atomic E-state index is 11.7. The molecule has 0 amide bonds. The fourth-order valence-electron chi connectivity index (χ4n) is 1.83. The molecule has 17 heavy (non-hydrogen) atoms. The number of hydrogen-bond acceptors (Lipinski definition) is 4. The quantitative estimate of drug-likeness (QED) is 0.626. The first-order chi connectivity index (χ1) is 8.00. The van der Waals surface area contributed by atoms with E-state index in [4.69, 9.17) is 4.74 Å². The molecule has 0 saturated carbocycles. The van der Waals surface area contributed by atoms with E-state index in [9.17, 15) is 4.79 Å². The van der Waals surface area contributed by atoms with Crippen LogP contribution in [0.5, 0.6) is 0 Å². The largest absolute Gasteiger partial charge is 0.468 e. The highest BCUT2D eigenvalue weighted by Gasteiger charge is 2.33. The first-order valence-corrected chi connectivity index (χ1v) is 6.52. The van der Waals surface area contributed by atoms with Crippen molar-refractivity contribution in [3.8, 4) is 0 Å². The number of esters is 1. The van der Waals surface area contributed by atoms with Crippen LogP contribution >= 0.6 is 0 Å². The van der Waals surface area contributed by atoms with Gasteiger partial charge < -0.3 is 15.0 Å². The standard InChI is InChI=1S/C13H28N2O2/c1-6-8-10-15(4)11-9-13(3,14-7-2)12(16)17-5/h14H,6-11H2,1-5H3. The number of methoxy groups -OCH3 is 1. The Kier molecular flexibility index (Phi) is 8.17. The van der Waals surface area contributed by atoms with E-state index in [2.05, 4.69) is 24.2 Å². The van der Waals surface area contributed by atoms with E-state index in [-0.39, 0.29) is 5.97 Å². The summed E-state index contributed by atoms with van der Waals surface area (Å²) in [6.07, 6.45) is 3.17. The lowest BCUT2D eigenvalue weighted by molar-refractivity contribution is -0.148. The molecule has 0 fully saturated rings. The summed E-state index contributed by atoms with van der Waals surface area (Å²) in [6.45, 7) is 8.85. The Labute approximate surface area is 106 Å². The second kappa shape index (κ2) is 8.48. The molecule has 0 bridgehead atoms. The number of carbonyl (C=O) groups excluding carboxylic acids is 1. The predicted molar refractivity (Wildman–Crippen MR) is 71.1 cm³/mol. The minimum Gasteiger partial charge on any atom is -0.468 e. The Balaban J connectivity index is 4.21. The van der Waals surface area contributed by atoms with Gasteiger partial charge in [-0.15, -0.1) is 0 Å². The number of nitrogens with one attached hydrogen (secondary N) is 1. The van der Waals surface area contributed by atoms with Crippen LogP contribution in [0.2, 0.25) is 0 Å². The number of unbranched alkanes of at least 4 members (excludes halogenated alkanes) is 1. The van der Waals surface area contributed by atoms with Gasteiger partial charge in [-0.05, 0) is 39.9 Å². The Morgan fingerprint density at radius 3 is 2.47 bits per heavy atom. The molecule has 0 radical (unpaired) electrons. The average Bonchev–Trinajstić information content (AvgIpc) is 2.33. The Morgan fingerprint density at radius 2 is 2.00 bits per heavy atom. The average molecular weight is 244 g/mol. The highest BCUT2D eigenvalue weighted by Crippen LogP contribution is 2.12. The van der Waals surface area contributed by atoms with E-state index in [1.54, 1.807) is 0 Å². The molecule has 0 aromatic carbocycles. The smallest absolute Gasteiger partial charge is 0.325 e. The molecule has 1 unspecified atom stereocenters. The van der Waals surface area contributed by atoms with Crippen molar-refractivity contribution in [3.63, 3.8) is 0 Å². The molecule has 0 aromatic rings. The molecule has 0 aliphatic rings. The molecule has 0 aliphatic carbocycles. The van der Waals surface area contributed by atoms with Crippen molar-refractivity contribution in [2.75, 3.05) is 33.8 Å². The molecule has 1 N–H and O–H groups in total. The van der Waals surface area contributed by atoms with Gasteiger partial charge in [0.2, 0.25) is 0 Å². The second-order valence-electron chi connectivity index (χ2n) is 4.76. The van der Waals surface area contributed by atoms with E-state index in [0.29, 0.717) is 0 Å². The van der Waals surface area contributed by atoms with Gasteiger partial charge in [-0.2, -0.15) is 0 Å². The third-order valence-electron chi connectivity index (χ3n) is 3.09. The second-order valence-corrected chi connectivity index (χ2v) is 4.76. The number of rotatable bonds is 9. The molecular weight excluding hydrogens is 216 g/mol. The van der Waals surface area contributed by atoms with Crippen molar-refractivity contribution >= 4 is 5.97 Å². The predicted octanol–water partition coefficient (Wildman–Crippen LogP) is 1.65. The fourth-order valence-corrected chi connectivity index (χ4v) is 1.83. The summed E-state index contributed by atoms with van der Waals surface area (Å²) in [5, 5.41) is 3.22. The fraction of sp³-hybridized carbons (Fsp3) is 0.923. The van der Waals surface area contributed by atoms with Crippen LogP contribution in [0.25, 0.3) is 0 Å². The van der Waals surface area contributed by atoms with Gasteiger partial charge in [-0.25, -0.2) is 0 Å². The van der Waals surface area contributed by atoms with E-state index in [1.807, 2.05) is 13.8 Å². The molecule has 4 heteroatoms. The Morgan fingerprint density at radius 1 is 1.35 bits per heavy atom. The minimum absolute atomic E-state index is 0.178. The number of hydrogen-bond donors (Lipinski definition) is 1. The van der Waals surface area contributed by atoms with Gasteiger partial charge in [-0.1, -0.05) is 20.3 Å². The highest BCUT2D eigenvalue weighted by atomic mass is 16.5. The van der Waals surface area contributed by atoms with Gasteiger partial charge in [0.05, 0.1) is 7.11 Å². The summed E-state index contributed by atoms with van der Waals surface area (Å²) in [7, 11) is 3.54. The summed E-state index contributed by atoms with van der Waals surface area (Å²) >= 11 is 0. The summed E-state index contributed by atoms with van der Waals surface area (Å²) < 4.78 is 4.86. The lowest BCUT2D eigenvalue weighted by atomic mass is 9.97. The Bertz CT molecular complexity index is 221. The molecular formula is C13H28N2O2. The molecule has 0 saturated heterocycles. The van der Waals surface area contributed by atoms with Crippen LogP contribution in [0.4, 0.5) is 0 Å². The van der Waals surface area contributed by atoms with Crippen LogP contribution in [-0.2, 0) is 9.53 Å². The molecule has 1 atom stereocenters. The monoisotopic (exact) mass is 244 g/mol. The van der Waals surface area contributed by atoms with Crippen LogP contribution in [0.15, 0.2) is 0 Å². The lowest BCUT2D eigenvalue weighted by Gasteiger charge is -2.29. The lowest BCUT2D eigenvalue weighted by Crippen LogP contribution is -2.51. The first-order valence-electron chi connectivity index (χ1n) is 6.52. The van der Waals surface area contributed by atoms with Crippen molar-refractivity contribution in [2.24, 2.45) is 0 Å². The van der Waals surface area contributed by atoms with E-state index in [1.165, 1.54) is 20.0 Å². The van der Waals surface area contributed by atoms with Gasteiger partial charge in [0.15, 0.2) is 0 Å². The molecule has 102 valence electrons. The molecule has 0 aliphatic heterocycles. The molecule has 0 rings (SSSR count). The minimum atomic E-state index is -0.566. The van der Waals surface area contributed by atoms with Crippen molar-refractivity contribution in [1.29, 1.82) is 0 Å². The highest BCUT2D eigenvalue weighted by molar-refractivity contribution is 5.80. The summed E-state index contributed by atoms with van der Waals surface area (Å²) in [6, 6.07) is 0. The van der Waals surface area contributed by atoms with E-state index in [0.717, 1.165) is 26.1 Å². The Hall–Kier alpha value is -0.610. The van der Waals surface area contributed by atoms with Crippen LogP contribution in [0.1, 0.15) is 40.0 Å². The first kappa shape index (κ1) is 16.4. The maximum Gasteiger partial charge on any atom is 0.325 e. The third-order valence-corrected chi connectivity index (χ3v) is 3.09. The van der Waals surface area contributed by atoms with Crippen LogP contribution < -0.4 is 5.32 Å². The van der Waals surface area contributed by atoms with Crippen molar-refractivity contribution in [1.82, 2.24) is 10.2 Å². The zero-order valence-corrected chi connectivity index (χ0v) is 12.0. The van der Waals surface area contributed by atoms with E-state index < -0.39 is 5.54 Å². The van der Waals surface area contributed by atoms with Gasteiger partial charge >= 0.3 is 5.97 Å². The van der Waals surface area contributed by atoms with E-state index >= 15 is 0 Å².